The molecule has 1 heterocycles. The first-order chi connectivity index (χ1) is 11.3. The highest BCUT2D eigenvalue weighted by Gasteiger charge is 2.34. The van der Waals surface area contributed by atoms with Crippen molar-refractivity contribution in [2.45, 2.75) is 43.8 Å². The molecule has 1 aliphatic carbocycles. The van der Waals surface area contributed by atoms with Gasteiger partial charge in [-0.05, 0) is 18.9 Å². The molecule has 0 aliphatic heterocycles. The quantitative estimate of drug-likeness (QED) is 0.725. The van der Waals surface area contributed by atoms with Gasteiger partial charge in [-0.1, -0.05) is 24.4 Å². The molecule has 1 fully saturated rings. The van der Waals surface area contributed by atoms with Crippen LogP contribution >= 0.6 is 11.6 Å². The summed E-state index contributed by atoms with van der Waals surface area (Å²) in [6.07, 6.45) is 0.190. The van der Waals surface area contributed by atoms with Crippen LogP contribution in [0.4, 0.5) is 19.0 Å². The molecule has 0 spiro atoms. The van der Waals surface area contributed by atoms with E-state index in [4.69, 9.17) is 17.3 Å². The Hall–Kier alpha value is -1.54. The van der Waals surface area contributed by atoms with Crippen molar-refractivity contribution < 1.29 is 18.0 Å². The van der Waals surface area contributed by atoms with E-state index in [1.165, 1.54) is 0 Å². The van der Waals surface area contributed by atoms with Gasteiger partial charge < -0.3 is 16.4 Å². The van der Waals surface area contributed by atoms with E-state index in [0.717, 1.165) is 31.7 Å². The lowest BCUT2D eigenvalue weighted by Crippen LogP contribution is -2.51. The molecule has 4 N–H and O–H groups in total. The lowest BCUT2D eigenvalue weighted by molar-refractivity contribution is -0.137. The summed E-state index contributed by atoms with van der Waals surface area (Å²) in [5.74, 6) is -0.0373. The van der Waals surface area contributed by atoms with Gasteiger partial charge in [0.25, 0.3) is 0 Å². The number of halogens is 4. The molecule has 0 aromatic carbocycles. The molecule has 0 radical (unpaired) electrons. The number of nitrogens with two attached hydrogens (primary N) is 1. The van der Waals surface area contributed by atoms with E-state index in [-0.39, 0.29) is 35.3 Å². The fraction of sp³-hybridized carbons (Fsp3) is 0.600. The van der Waals surface area contributed by atoms with E-state index in [2.05, 4.69) is 15.6 Å². The van der Waals surface area contributed by atoms with E-state index in [0.29, 0.717) is 12.7 Å². The van der Waals surface area contributed by atoms with E-state index in [1.54, 1.807) is 0 Å². The number of aromatic nitrogens is 1. The summed E-state index contributed by atoms with van der Waals surface area (Å²) in [5, 5.41) is 5.60. The molecule has 1 aliphatic rings. The van der Waals surface area contributed by atoms with Gasteiger partial charge in [-0.25, -0.2) is 4.98 Å². The van der Waals surface area contributed by atoms with Crippen molar-refractivity contribution in [2.75, 3.05) is 18.4 Å². The molecular weight excluding hydrogens is 345 g/mol. The predicted octanol–water partition coefficient (Wildman–Crippen LogP) is 2.94. The highest BCUT2D eigenvalue weighted by Crippen LogP contribution is 2.32. The van der Waals surface area contributed by atoms with E-state index < -0.39 is 11.7 Å². The first-order valence-electron chi connectivity index (χ1n) is 7.73. The van der Waals surface area contributed by atoms with Crippen molar-refractivity contribution in [2.24, 2.45) is 5.73 Å². The second-order valence-corrected chi connectivity index (χ2v) is 6.38. The molecule has 1 aromatic heterocycles. The van der Waals surface area contributed by atoms with Crippen LogP contribution in [-0.2, 0) is 11.0 Å². The second-order valence-electron chi connectivity index (χ2n) is 5.97. The van der Waals surface area contributed by atoms with Crippen LogP contribution in [0, 0.1) is 0 Å². The summed E-state index contributed by atoms with van der Waals surface area (Å²) in [6, 6.07) is 0.804. The number of amides is 1. The zero-order valence-corrected chi connectivity index (χ0v) is 13.8. The van der Waals surface area contributed by atoms with Crippen molar-refractivity contribution >= 4 is 23.3 Å². The largest absolute Gasteiger partial charge is 0.417 e. The van der Waals surface area contributed by atoms with Gasteiger partial charge in [0.05, 0.1) is 16.1 Å². The fourth-order valence-electron chi connectivity index (χ4n) is 2.81. The van der Waals surface area contributed by atoms with Gasteiger partial charge in [-0.3, -0.25) is 4.79 Å². The Kier molecular flexibility index (Phi) is 5.92. The number of pyridine rings is 1. The van der Waals surface area contributed by atoms with Crippen LogP contribution in [0.3, 0.4) is 0 Å². The lowest BCUT2D eigenvalue weighted by atomic mass is 9.97. The number of alkyl halides is 3. The third kappa shape index (κ3) is 4.73. The summed E-state index contributed by atoms with van der Waals surface area (Å²) >= 11 is 5.79. The molecular formula is C15H20ClF3N4O. The zero-order chi connectivity index (χ0) is 17.8. The minimum Gasteiger partial charge on any atom is -0.368 e. The highest BCUT2D eigenvalue weighted by molar-refractivity contribution is 6.32. The second kappa shape index (κ2) is 7.57. The monoisotopic (exact) mass is 364 g/mol. The molecule has 5 nitrogen and oxygen atoms in total. The summed E-state index contributed by atoms with van der Waals surface area (Å²) in [4.78, 5) is 15.7. The number of nitrogens with one attached hydrogen (secondary N) is 2. The number of carbonyl (C=O) groups excluding carboxylic acids is 1. The van der Waals surface area contributed by atoms with E-state index in [9.17, 15) is 18.0 Å². The Balaban J connectivity index is 1.84. The van der Waals surface area contributed by atoms with Gasteiger partial charge in [0.15, 0.2) is 0 Å². The van der Waals surface area contributed by atoms with Crippen molar-refractivity contribution in [1.29, 1.82) is 0 Å². The Morgan fingerprint density at radius 2 is 2.04 bits per heavy atom. The van der Waals surface area contributed by atoms with E-state index >= 15 is 0 Å². The summed E-state index contributed by atoms with van der Waals surface area (Å²) in [7, 11) is 0. The van der Waals surface area contributed by atoms with Crippen LogP contribution in [0.25, 0.3) is 0 Å². The number of rotatable bonds is 6. The molecule has 0 saturated heterocycles. The fourth-order valence-corrected chi connectivity index (χ4v) is 3.04. The standard InChI is InChI=1S/C15H20ClF3N4O/c16-11-7-10(15(17,18)19)8-22-13(11)21-6-3-12(24)23-14(9-20)4-1-2-5-14/h7-8H,1-6,9,20H2,(H,21,22)(H,23,24). The van der Waals surface area contributed by atoms with Crippen molar-refractivity contribution in [3.05, 3.63) is 22.8 Å². The molecule has 2 rings (SSSR count). The average molecular weight is 365 g/mol. The van der Waals surface area contributed by atoms with Crippen LogP contribution < -0.4 is 16.4 Å². The van der Waals surface area contributed by atoms with Crippen molar-refractivity contribution in [1.82, 2.24) is 10.3 Å². The van der Waals surface area contributed by atoms with Crippen LogP contribution in [0.5, 0.6) is 0 Å². The number of hydrogen-bond donors (Lipinski definition) is 3. The maximum atomic E-state index is 12.5. The van der Waals surface area contributed by atoms with Crippen LogP contribution in [0.2, 0.25) is 5.02 Å². The summed E-state index contributed by atoms with van der Waals surface area (Å²) in [6.45, 7) is 0.614. The number of carbonyl (C=O) groups is 1. The van der Waals surface area contributed by atoms with Crippen LogP contribution in [0.15, 0.2) is 12.3 Å². The first-order valence-corrected chi connectivity index (χ1v) is 8.11. The molecule has 1 aromatic rings. The van der Waals surface area contributed by atoms with Gasteiger partial charge in [0, 0.05) is 25.7 Å². The Bertz CT molecular complexity index is 589. The Morgan fingerprint density at radius 1 is 1.38 bits per heavy atom. The number of nitrogens with zero attached hydrogens (tertiary/aromatic N) is 1. The average Bonchev–Trinajstić information content (AvgIpc) is 2.97. The Labute approximate surface area is 143 Å². The molecule has 1 saturated carbocycles. The Morgan fingerprint density at radius 3 is 2.58 bits per heavy atom. The maximum Gasteiger partial charge on any atom is 0.417 e. The van der Waals surface area contributed by atoms with Gasteiger partial charge >= 0.3 is 6.18 Å². The zero-order valence-electron chi connectivity index (χ0n) is 13.0. The van der Waals surface area contributed by atoms with Crippen LogP contribution in [-0.4, -0.2) is 29.5 Å². The number of anilines is 1. The molecule has 134 valence electrons. The van der Waals surface area contributed by atoms with Gasteiger partial charge in [0.1, 0.15) is 5.82 Å². The molecule has 1 amide bonds. The summed E-state index contributed by atoms with van der Waals surface area (Å²) in [5.41, 5.74) is 4.52. The minimum absolute atomic E-state index is 0.117. The third-order valence-corrected chi connectivity index (χ3v) is 4.46. The van der Waals surface area contributed by atoms with Gasteiger partial charge in [-0.15, -0.1) is 0 Å². The molecule has 0 unspecified atom stereocenters. The third-order valence-electron chi connectivity index (χ3n) is 4.17. The predicted molar refractivity (Wildman–Crippen MR) is 85.8 cm³/mol. The van der Waals surface area contributed by atoms with Crippen molar-refractivity contribution in [3.8, 4) is 0 Å². The van der Waals surface area contributed by atoms with Crippen LogP contribution in [0.1, 0.15) is 37.7 Å². The smallest absolute Gasteiger partial charge is 0.368 e. The van der Waals surface area contributed by atoms with Crippen molar-refractivity contribution in [3.63, 3.8) is 0 Å². The SMILES string of the molecule is NCC1(NC(=O)CCNc2ncc(C(F)(F)F)cc2Cl)CCCC1. The topological polar surface area (TPSA) is 80.0 Å². The molecule has 24 heavy (non-hydrogen) atoms. The van der Waals surface area contributed by atoms with Gasteiger partial charge in [0.2, 0.25) is 5.91 Å². The molecule has 0 atom stereocenters. The first kappa shape index (κ1) is 18.8. The minimum atomic E-state index is -4.49. The summed E-state index contributed by atoms with van der Waals surface area (Å²) < 4.78 is 37.6. The van der Waals surface area contributed by atoms with Gasteiger partial charge in [-0.2, -0.15) is 13.2 Å². The highest BCUT2D eigenvalue weighted by atomic mass is 35.5. The molecule has 0 bridgehead atoms. The molecule has 9 heteroatoms. The lowest BCUT2D eigenvalue weighted by Gasteiger charge is -2.28. The normalized spacial score (nSPS) is 16.9. The maximum absolute atomic E-state index is 12.5. The van der Waals surface area contributed by atoms with E-state index in [1.807, 2.05) is 0 Å². The number of hydrogen-bond acceptors (Lipinski definition) is 4.